The van der Waals surface area contributed by atoms with Gasteiger partial charge in [-0.05, 0) is 47.9 Å². The highest BCUT2D eigenvalue weighted by atomic mass is 35.5. The maximum atomic E-state index is 12.7. The van der Waals surface area contributed by atoms with Crippen LogP contribution in [0.5, 0.6) is 0 Å². The fourth-order valence-electron chi connectivity index (χ4n) is 3.19. The fraction of sp³-hybridized carbons (Fsp3) is 0.136. The number of hydrogen-bond donors (Lipinski definition) is 1. The first-order valence-corrected chi connectivity index (χ1v) is 12.0. The Hall–Kier alpha value is -2.45. The van der Waals surface area contributed by atoms with E-state index in [1.54, 1.807) is 28.8 Å². The first-order valence-electron chi connectivity index (χ1n) is 9.34. The smallest absolute Gasteiger partial charge is 0.294 e. The van der Waals surface area contributed by atoms with Gasteiger partial charge in [-0.1, -0.05) is 65.4 Å². The van der Waals surface area contributed by atoms with Gasteiger partial charge in [-0.15, -0.1) is 0 Å². The van der Waals surface area contributed by atoms with Gasteiger partial charge in [0.2, 0.25) is 10.0 Å². The minimum atomic E-state index is -3.66. The summed E-state index contributed by atoms with van der Waals surface area (Å²) in [7, 11) is -3.66. The molecule has 154 valence electrons. The standard InChI is InChI=1S/C22H19ClN2O3S2/c23-18-8-6-17(7-9-18)15-25-20-11-10-19(14-21(20)29-22(25)26)30(27,28)24-13-12-16-4-2-1-3-5-16/h1-11,14,24H,12-13,15H2. The molecule has 4 aromatic rings. The van der Waals surface area contributed by atoms with E-state index in [9.17, 15) is 13.2 Å². The number of halogens is 1. The van der Waals surface area contributed by atoms with Gasteiger partial charge in [-0.25, -0.2) is 13.1 Å². The molecule has 0 amide bonds. The van der Waals surface area contributed by atoms with Crippen molar-refractivity contribution in [3.8, 4) is 0 Å². The van der Waals surface area contributed by atoms with Crippen molar-refractivity contribution in [3.63, 3.8) is 0 Å². The van der Waals surface area contributed by atoms with Crippen molar-refractivity contribution >= 4 is 43.2 Å². The lowest BCUT2D eigenvalue weighted by atomic mass is 10.2. The van der Waals surface area contributed by atoms with Crippen LogP contribution in [-0.2, 0) is 23.0 Å². The van der Waals surface area contributed by atoms with E-state index in [2.05, 4.69) is 4.72 Å². The Kier molecular flexibility index (Phi) is 6.06. The molecule has 0 aliphatic heterocycles. The molecule has 1 N–H and O–H groups in total. The molecule has 0 unspecified atom stereocenters. The van der Waals surface area contributed by atoms with Gasteiger partial charge in [0.15, 0.2) is 0 Å². The van der Waals surface area contributed by atoms with Crippen LogP contribution in [0.15, 0.2) is 82.5 Å². The predicted molar refractivity (Wildman–Crippen MR) is 122 cm³/mol. The molecule has 0 radical (unpaired) electrons. The summed E-state index contributed by atoms with van der Waals surface area (Å²) in [4.78, 5) is 12.5. The molecule has 0 spiro atoms. The molecule has 8 heteroatoms. The molecule has 30 heavy (non-hydrogen) atoms. The van der Waals surface area contributed by atoms with Crippen molar-refractivity contribution in [1.29, 1.82) is 0 Å². The van der Waals surface area contributed by atoms with Gasteiger partial charge in [0.1, 0.15) is 0 Å². The number of aromatic nitrogens is 1. The SMILES string of the molecule is O=c1sc2cc(S(=O)(=O)NCCc3ccccc3)ccc2n1Cc1ccc(Cl)cc1. The fourth-order valence-corrected chi connectivity index (χ4v) is 5.38. The van der Waals surface area contributed by atoms with Crippen molar-refractivity contribution in [2.45, 2.75) is 17.9 Å². The number of hydrogen-bond acceptors (Lipinski definition) is 4. The van der Waals surface area contributed by atoms with Gasteiger partial charge in [0.25, 0.3) is 0 Å². The van der Waals surface area contributed by atoms with E-state index < -0.39 is 10.0 Å². The van der Waals surface area contributed by atoms with E-state index in [-0.39, 0.29) is 9.77 Å². The van der Waals surface area contributed by atoms with Crippen LogP contribution in [0.3, 0.4) is 0 Å². The summed E-state index contributed by atoms with van der Waals surface area (Å²) in [6, 6.07) is 21.8. The minimum Gasteiger partial charge on any atom is -0.294 e. The molecule has 0 saturated carbocycles. The molecule has 0 bridgehead atoms. The van der Waals surface area contributed by atoms with Gasteiger partial charge in [-0.3, -0.25) is 9.36 Å². The highest BCUT2D eigenvalue weighted by molar-refractivity contribution is 7.89. The largest absolute Gasteiger partial charge is 0.308 e. The third-order valence-electron chi connectivity index (χ3n) is 4.75. The van der Waals surface area contributed by atoms with Gasteiger partial charge in [0.05, 0.1) is 21.7 Å². The van der Waals surface area contributed by atoms with E-state index in [0.717, 1.165) is 22.5 Å². The van der Waals surface area contributed by atoms with Crippen LogP contribution in [-0.4, -0.2) is 19.5 Å². The van der Waals surface area contributed by atoms with E-state index in [1.807, 2.05) is 42.5 Å². The van der Waals surface area contributed by atoms with Crippen LogP contribution >= 0.6 is 22.9 Å². The second-order valence-electron chi connectivity index (χ2n) is 6.84. The number of fused-ring (bicyclic) bond motifs is 1. The van der Waals surface area contributed by atoms with Gasteiger partial charge in [0, 0.05) is 11.6 Å². The van der Waals surface area contributed by atoms with Crippen molar-refractivity contribution in [3.05, 3.63) is 98.6 Å². The molecule has 1 aromatic heterocycles. The van der Waals surface area contributed by atoms with Crippen molar-refractivity contribution in [2.75, 3.05) is 6.54 Å². The lowest BCUT2D eigenvalue weighted by Gasteiger charge is -2.08. The zero-order chi connectivity index (χ0) is 21.1. The lowest BCUT2D eigenvalue weighted by molar-refractivity contribution is 0.582. The second-order valence-corrected chi connectivity index (χ2v) is 10.0. The van der Waals surface area contributed by atoms with Crippen LogP contribution in [0.2, 0.25) is 5.02 Å². The highest BCUT2D eigenvalue weighted by Gasteiger charge is 2.16. The molecule has 0 atom stereocenters. The molecule has 3 aromatic carbocycles. The second kappa shape index (κ2) is 8.73. The Morgan fingerprint density at radius 2 is 1.67 bits per heavy atom. The molecule has 0 fully saturated rings. The van der Waals surface area contributed by atoms with Crippen molar-refractivity contribution in [1.82, 2.24) is 9.29 Å². The Bertz CT molecular complexity index is 1330. The summed E-state index contributed by atoms with van der Waals surface area (Å²) in [6.45, 7) is 0.704. The van der Waals surface area contributed by atoms with Gasteiger partial charge >= 0.3 is 4.87 Å². The Labute approximate surface area is 183 Å². The summed E-state index contributed by atoms with van der Waals surface area (Å²) in [6.07, 6.45) is 0.604. The van der Waals surface area contributed by atoms with Gasteiger partial charge in [-0.2, -0.15) is 0 Å². The van der Waals surface area contributed by atoms with Crippen LogP contribution in [0.1, 0.15) is 11.1 Å². The van der Waals surface area contributed by atoms with Crippen molar-refractivity contribution < 1.29 is 8.42 Å². The first-order chi connectivity index (χ1) is 14.4. The van der Waals surface area contributed by atoms with Crippen LogP contribution in [0.4, 0.5) is 0 Å². The third-order valence-corrected chi connectivity index (χ3v) is 7.41. The highest BCUT2D eigenvalue weighted by Crippen LogP contribution is 2.23. The number of rotatable bonds is 7. The third kappa shape index (κ3) is 4.65. The lowest BCUT2D eigenvalue weighted by Crippen LogP contribution is -2.26. The summed E-state index contributed by atoms with van der Waals surface area (Å²) in [5.41, 5.74) is 2.72. The Balaban J connectivity index is 1.54. The number of thiazole rings is 1. The average molecular weight is 459 g/mol. The molecular formula is C22H19ClN2O3S2. The van der Waals surface area contributed by atoms with E-state index in [1.165, 1.54) is 6.07 Å². The average Bonchev–Trinajstić information content (AvgIpc) is 3.05. The quantitative estimate of drug-likeness (QED) is 0.449. The Morgan fingerprint density at radius 1 is 0.933 bits per heavy atom. The zero-order valence-electron chi connectivity index (χ0n) is 15.9. The summed E-state index contributed by atoms with van der Waals surface area (Å²) >= 11 is 6.96. The number of nitrogens with zero attached hydrogens (tertiary/aromatic N) is 1. The van der Waals surface area contributed by atoms with Crippen LogP contribution in [0.25, 0.3) is 10.2 Å². The zero-order valence-corrected chi connectivity index (χ0v) is 18.3. The first kappa shape index (κ1) is 20.8. The number of sulfonamides is 1. The monoisotopic (exact) mass is 458 g/mol. The predicted octanol–water partition coefficient (Wildman–Crippen LogP) is 4.29. The Morgan fingerprint density at radius 3 is 2.40 bits per heavy atom. The van der Waals surface area contributed by atoms with Crippen LogP contribution < -0.4 is 9.60 Å². The molecule has 1 heterocycles. The molecular weight excluding hydrogens is 440 g/mol. The molecule has 0 aliphatic rings. The van der Waals surface area contributed by atoms with E-state index in [4.69, 9.17) is 11.6 Å². The van der Waals surface area contributed by atoms with E-state index >= 15 is 0 Å². The maximum absolute atomic E-state index is 12.7. The summed E-state index contributed by atoms with van der Waals surface area (Å²) in [5, 5.41) is 0.635. The van der Waals surface area contributed by atoms with E-state index in [0.29, 0.717) is 34.7 Å². The van der Waals surface area contributed by atoms with Crippen molar-refractivity contribution in [2.24, 2.45) is 0 Å². The number of nitrogens with one attached hydrogen (secondary N) is 1. The molecule has 4 rings (SSSR count). The van der Waals surface area contributed by atoms with Gasteiger partial charge < -0.3 is 0 Å². The summed E-state index contributed by atoms with van der Waals surface area (Å²) in [5.74, 6) is 0. The number of benzene rings is 3. The molecule has 0 aliphatic carbocycles. The topological polar surface area (TPSA) is 68.2 Å². The normalized spacial score (nSPS) is 11.8. The minimum absolute atomic E-state index is 0.133. The summed E-state index contributed by atoms with van der Waals surface area (Å²) < 4.78 is 30.3. The molecule has 5 nitrogen and oxygen atoms in total. The maximum Gasteiger partial charge on any atom is 0.308 e. The molecule has 0 saturated heterocycles. The van der Waals surface area contributed by atoms with Crippen LogP contribution in [0, 0.1) is 0 Å².